The van der Waals surface area contributed by atoms with Gasteiger partial charge >= 0.3 is 6.09 Å². The van der Waals surface area contributed by atoms with Crippen molar-refractivity contribution in [3.05, 3.63) is 0 Å². The van der Waals surface area contributed by atoms with Gasteiger partial charge in [-0.15, -0.1) is 0 Å². The van der Waals surface area contributed by atoms with Crippen LogP contribution in [0.2, 0.25) is 0 Å². The molecule has 1 unspecified atom stereocenters. The standard InChI is InChI=1S/C10H18N2O2/c13-10(14)12-7-4-9(8-12)11-5-2-1-3-6-11/h9H,1-8H2,(H,13,14). The number of rotatable bonds is 1. The van der Waals surface area contributed by atoms with Crippen LogP contribution < -0.4 is 0 Å². The van der Waals surface area contributed by atoms with Crippen molar-refractivity contribution in [3.8, 4) is 0 Å². The first-order valence-corrected chi connectivity index (χ1v) is 5.49. The van der Waals surface area contributed by atoms with E-state index in [1.165, 1.54) is 19.3 Å². The molecule has 4 heteroatoms. The number of carboxylic acid groups (broad SMARTS) is 1. The Labute approximate surface area is 84.5 Å². The van der Waals surface area contributed by atoms with Crippen LogP contribution in [0.15, 0.2) is 0 Å². The third-order valence-corrected chi connectivity index (χ3v) is 3.34. The van der Waals surface area contributed by atoms with Crippen LogP contribution in [0.25, 0.3) is 0 Å². The first-order chi connectivity index (χ1) is 6.77. The summed E-state index contributed by atoms with van der Waals surface area (Å²) in [6.45, 7) is 3.77. The Morgan fingerprint density at radius 2 is 1.86 bits per heavy atom. The van der Waals surface area contributed by atoms with Gasteiger partial charge in [-0.2, -0.15) is 0 Å². The van der Waals surface area contributed by atoms with Crippen molar-refractivity contribution in [2.45, 2.75) is 31.7 Å². The lowest BCUT2D eigenvalue weighted by Crippen LogP contribution is -2.41. The minimum absolute atomic E-state index is 0.492. The van der Waals surface area contributed by atoms with Gasteiger partial charge in [0, 0.05) is 19.1 Å². The predicted octanol–water partition coefficient (Wildman–Crippen LogP) is 1.22. The van der Waals surface area contributed by atoms with E-state index in [1.807, 2.05) is 0 Å². The van der Waals surface area contributed by atoms with Crippen molar-refractivity contribution in [2.24, 2.45) is 0 Å². The molecule has 2 rings (SSSR count). The van der Waals surface area contributed by atoms with Gasteiger partial charge < -0.3 is 10.0 Å². The van der Waals surface area contributed by atoms with Gasteiger partial charge in [0.2, 0.25) is 0 Å². The van der Waals surface area contributed by atoms with Gasteiger partial charge in [0.15, 0.2) is 0 Å². The van der Waals surface area contributed by atoms with Crippen LogP contribution in [0.5, 0.6) is 0 Å². The lowest BCUT2D eigenvalue weighted by atomic mass is 10.1. The molecular formula is C10H18N2O2. The average Bonchev–Trinajstić information content (AvgIpc) is 2.68. The topological polar surface area (TPSA) is 43.8 Å². The maximum absolute atomic E-state index is 10.7. The molecule has 2 aliphatic rings. The highest BCUT2D eigenvalue weighted by molar-refractivity contribution is 5.65. The highest BCUT2D eigenvalue weighted by Crippen LogP contribution is 2.19. The largest absolute Gasteiger partial charge is 0.465 e. The molecule has 0 aromatic rings. The minimum atomic E-state index is -0.760. The maximum Gasteiger partial charge on any atom is 0.407 e. The molecule has 2 saturated heterocycles. The number of likely N-dealkylation sites (tertiary alicyclic amines) is 2. The number of hydrogen-bond donors (Lipinski definition) is 1. The van der Waals surface area contributed by atoms with E-state index < -0.39 is 6.09 Å². The van der Waals surface area contributed by atoms with Crippen LogP contribution in [0.4, 0.5) is 4.79 Å². The molecule has 0 spiro atoms. The van der Waals surface area contributed by atoms with Crippen LogP contribution in [-0.2, 0) is 0 Å². The zero-order chi connectivity index (χ0) is 9.97. The van der Waals surface area contributed by atoms with Crippen LogP contribution in [0.1, 0.15) is 25.7 Å². The van der Waals surface area contributed by atoms with Crippen molar-refractivity contribution in [3.63, 3.8) is 0 Å². The molecule has 1 atom stereocenters. The summed E-state index contributed by atoms with van der Waals surface area (Å²) in [5, 5.41) is 8.84. The number of nitrogens with zero attached hydrogens (tertiary/aromatic N) is 2. The fourth-order valence-electron chi connectivity index (χ4n) is 2.50. The summed E-state index contributed by atoms with van der Waals surface area (Å²) in [5.41, 5.74) is 0. The second-order valence-electron chi connectivity index (χ2n) is 4.27. The Morgan fingerprint density at radius 1 is 1.14 bits per heavy atom. The molecule has 0 radical (unpaired) electrons. The van der Waals surface area contributed by atoms with E-state index in [9.17, 15) is 4.79 Å². The molecule has 2 fully saturated rings. The molecule has 2 heterocycles. The summed E-state index contributed by atoms with van der Waals surface area (Å²) in [4.78, 5) is 14.7. The Kier molecular flexibility index (Phi) is 2.91. The first kappa shape index (κ1) is 9.77. The second-order valence-corrected chi connectivity index (χ2v) is 4.27. The van der Waals surface area contributed by atoms with Gasteiger partial charge in [0.25, 0.3) is 0 Å². The molecule has 0 saturated carbocycles. The number of hydrogen-bond acceptors (Lipinski definition) is 2. The van der Waals surface area contributed by atoms with E-state index in [1.54, 1.807) is 4.90 Å². The van der Waals surface area contributed by atoms with Gasteiger partial charge in [-0.3, -0.25) is 4.90 Å². The summed E-state index contributed by atoms with van der Waals surface area (Å²) in [6, 6.07) is 0.492. The van der Waals surface area contributed by atoms with E-state index in [0.29, 0.717) is 6.04 Å². The summed E-state index contributed by atoms with van der Waals surface area (Å²) in [6.07, 6.45) is 4.16. The van der Waals surface area contributed by atoms with E-state index in [-0.39, 0.29) is 0 Å². The van der Waals surface area contributed by atoms with Crippen LogP contribution in [0.3, 0.4) is 0 Å². The zero-order valence-electron chi connectivity index (χ0n) is 8.48. The monoisotopic (exact) mass is 198 g/mol. The van der Waals surface area contributed by atoms with Crippen molar-refractivity contribution in [1.82, 2.24) is 9.80 Å². The second kappa shape index (κ2) is 4.17. The molecule has 14 heavy (non-hydrogen) atoms. The van der Waals surface area contributed by atoms with Gasteiger partial charge in [0.1, 0.15) is 0 Å². The van der Waals surface area contributed by atoms with Crippen molar-refractivity contribution < 1.29 is 9.90 Å². The third-order valence-electron chi connectivity index (χ3n) is 3.34. The molecule has 1 amide bonds. The quantitative estimate of drug-likeness (QED) is 0.689. The predicted molar refractivity (Wildman–Crippen MR) is 53.4 cm³/mol. The minimum Gasteiger partial charge on any atom is -0.465 e. The van der Waals surface area contributed by atoms with Gasteiger partial charge in [0.05, 0.1) is 0 Å². The molecule has 0 bridgehead atoms. The van der Waals surface area contributed by atoms with E-state index >= 15 is 0 Å². The molecule has 4 nitrogen and oxygen atoms in total. The Bertz CT molecular complexity index is 214. The summed E-state index contributed by atoms with van der Waals surface area (Å²) >= 11 is 0. The lowest BCUT2D eigenvalue weighted by molar-refractivity contribution is 0.139. The van der Waals surface area contributed by atoms with Gasteiger partial charge in [-0.1, -0.05) is 6.42 Å². The van der Waals surface area contributed by atoms with Crippen LogP contribution >= 0.6 is 0 Å². The maximum atomic E-state index is 10.7. The van der Waals surface area contributed by atoms with E-state index in [4.69, 9.17) is 5.11 Å². The molecule has 0 aromatic heterocycles. The average molecular weight is 198 g/mol. The molecule has 80 valence electrons. The van der Waals surface area contributed by atoms with Crippen LogP contribution in [-0.4, -0.2) is 53.2 Å². The molecule has 0 aliphatic carbocycles. The summed E-state index contributed by atoms with van der Waals surface area (Å²) < 4.78 is 0. The lowest BCUT2D eigenvalue weighted by Gasteiger charge is -2.31. The Hall–Kier alpha value is -0.770. The highest BCUT2D eigenvalue weighted by Gasteiger charge is 2.30. The van der Waals surface area contributed by atoms with Crippen molar-refractivity contribution in [2.75, 3.05) is 26.2 Å². The Balaban J connectivity index is 1.85. The molecule has 2 aliphatic heterocycles. The van der Waals surface area contributed by atoms with E-state index in [2.05, 4.69) is 4.90 Å². The number of carbonyl (C=O) groups is 1. The van der Waals surface area contributed by atoms with E-state index in [0.717, 1.165) is 32.6 Å². The summed E-state index contributed by atoms with van der Waals surface area (Å²) in [7, 11) is 0. The third kappa shape index (κ3) is 2.00. The molecule has 1 N–H and O–H groups in total. The number of piperidine rings is 1. The smallest absolute Gasteiger partial charge is 0.407 e. The Morgan fingerprint density at radius 3 is 2.43 bits per heavy atom. The first-order valence-electron chi connectivity index (χ1n) is 5.49. The summed E-state index contributed by atoms with van der Waals surface area (Å²) in [5.74, 6) is 0. The van der Waals surface area contributed by atoms with Gasteiger partial charge in [-0.05, 0) is 32.4 Å². The number of amides is 1. The van der Waals surface area contributed by atoms with Crippen LogP contribution in [0, 0.1) is 0 Å². The normalized spacial score (nSPS) is 29.4. The fourth-order valence-corrected chi connectivity index (χ4v) is 2.50. The SMILES string of the molecule is O=C(O)N1CCC(N2CCCCC2)C1. The molecular weight excluding hydrogens is 180 g/mol. The van der Waals surface area contributed by atoms with Gasteiger partial charge in [-0.25, -0.2) is 4.79 Å². The van der Waals surface area contributed by atoms with Crippen molar-refractivity contribution >= 4 is 6.09 Å². The molecule has 0 aromatic carbocycles. The highest BCUT2D eigenvalue weighted by atomic mass is 16.4. The van der Waals surface area contributed by atoms with Crippen molar-refractivity contribution in [1.29, 1.82) is 0 Å². The zero-order valence-corrected chi connectivity index (χ0v) is 8.48. The fraction of sp³-hybridized carbons (Fsp3) is 0.900.